The van der Waals surface area contributed by atoms with E-state index in [9.17, 15) is 13.2 Å². The maximum Gasteiger partial charge on any atom is 0.243 e. The molecule has 7 nitrogen and oxygen atoms in total. The highest BCUT2D eigenvalue weighted by molar-refractivity contribution is 14.1. The van der Waals surface area contributed by atoms with Gasteiger partial charge in [-0.3, -0.25) is 0 Å². The van der Waals surface area contributed by atoms with Crippen LogP contribution in [0.2, 0.25) is 0 Å². The second-order valence-corrected chi connectivity index (χ2v) is 11.4. The average Bonchev–Trinajstić information content (AvgIpc) is 3.11. The number of nitrogens with zero attached hydrogens (tertiary/aromatic N) is 3. The minimum atomic E-state index is -3.55. The van der Waals surface area contributed by atoms with Crippen molar-refractivity contribution in [2.24, 2.45) is 0 Å². The molecule has 9 heteroatoms. The second kappa shape index (κ2) is 9.48. The molecule has 1 aliphatic rings. The third kappa shape index (κ3) is 4.69. The maximum absolute atomic E-state index is 13.1. The number of hydrogen-bond donors (Lipinski definition) is 0. The monoisotopic (exact) mass is 567 g/mol. The summed E-state index contributed by atoms with van der Waals surface area (Å²) in [7, 11) is -3.55. The molecule has 0 atom stereocenters. The number of carbonyl (C=O) groups excluding carboxylic acids is 1. The maximum atomic E-state index is 13.1. The average molecular weight is 567 g/mol. The second-order valence-electron chi connectivity index (χ2n) is 8.24. The smallest absolute Gasteiger partial charge is 0.243 e. The molecule has 0 unspecified atom stereocenters. The molecule has 2 aromatic heterocycles. The molecule has 1 aliphatic heterocycles. The number of carbonyl (C=O) groups is 1. The van der Waals surface area contributed by atoms with Gasteiger partial charge in [-0.15, -0.1) is 0 Å². The topological polar surface area (TPSA) is 81.5 Å². The van der Waals surface area contributed by atoms with Crippen LogP contribution in [0.15, 0.2) is 47.6 Å². The molecule has 0 saturated carbocycles. The van der Waals surface area contributed by atoms with Crippen molar-refractivity contribution in [3.05, 3.63) is 51.9 Å². The van der Waals surface area contributed by atoms with E-state index in [0.717, 1.165) is 39.3 Å². The molecule has 0 spiro atoms. The third-order valence-electron chi connectivity index (χ3n) is 5.71. The predicted molar refractivity (Wildman–Crippen MR) is 131 cm³/mol. The number of aromatic nitrogens is 2. The van der Waals surface area contributed by atoms with E-state index in [0.29, 0.717) is 18.8 Å². The summed E-state index contributed by atoms with van der Waals surface area (Å²) in [5, 5.41) is 1.04. The molecule has 3 heterocycles. The van der Waals surface area contributed by atoms with Crippen LogP contribution in [0.1, 0.15) is 38.2 Å². The van der Waals surface area contributed by atoms with E-state index >= 15 is 0 Å². The van der Waals surface area contributed by atoms with Crippen LogP contribution < -0.4 is 4.74 Å². The van der Waals surface area contributed by atoms with E-state index < -0.39 is 10.0 Å². The van der Waals surface area contributed by atoms with Gasteiger partial charge in [0.05, 0.1) is 17.5 Å². The van der Waals surface area contributed by atoms with Gasteiger partial charge in [-0.2, -0.15) is 4.31 Å². The van der Waals surface area contributed by atoms with Crippen molar-refractivity contribution in [1.29, 1.82) is 0 Å². The number of rotatable bonds is 7. The van der Waals surface area contributed by atoms with Gasteiger partial charge in [-0.05, 0) is 91.1 Å². The van der Waals surface area contributed by atoms with Gasteiger partial charge in [0.15, 0.2) is 0 Å². The molecule has 32 heavy (non-hydrogen) atoms. The Bertz CT molecular complexity index is 1210. The Labute approximate surface area is 202 Å². The van der Waals surface area contributed by atoms with Crippen LogP contribution in [-0.4, -0.2) is 47.8 Å². The molecule has 170 valence electrons. The van der Waals surface area contributed by atoms with Crippen LogP contribution in [-0.2, 0) is 21.4 Å². The van der Waals surface area contributed by atoms with Gasteiger partial charge in [0, 0.05) is 34.4 Å². The number of hydrogen-bond acceptors (Lipinski definition) is 5. The molecule has 1 saturated heterocycles. The Morgan fingerprint density at radius 2 is 1.91 bits per heavy atom. The number of fused-ring (bicyclic) bond motifs is 1. The summed E-state index contributed by atoms with van der Waals surface area (Å²) in [6, 6.07) is 8.72. The third-order valence-corrected chi connectivity index (χ3v) is 8.21. The fraction of sp³-hybridized carbons (Fsp3) is 0.391. The van der Waals surface area contributed by atoms with Crippen LogP contribution in [0.5, 0.6) is 5.75 Å². The molecule has 0 radical (unpaired) electrons. The molecule has 3 aromatic rings. The fourth-order valence-electron chi connectivity index (χ4n) is 4.24. The SMILES string of the molecule is CC(C)Oc1ccc(S(=O)(=O)N2CCC(c3cn(CC=O)c4ncc(I)cc34)CC2)cc1. The van der Waals surface area contributed by atoms with Crippen molar-refractivity contribution in [3.63, 3.8) is 0 Å². The van der Waals surface area contributed by atoms with Crippen LogP contribution in [0, 0.1) is 3.57 Å². The van der Waals surface area contributed by atoms with E-state index in [4.69, 9.17) is 4.74 Å². The molecule has 1 aromatic carbocycles. The van der Waals surface area contributed by atoms with Crippen LogP contribution in [0.25, 0.3) is 11.0 Å². The molecular weight excluding hydrogens is 541 g/mol. The van der Waals surface area contributed by atoms with E-state index in [1.54, 1.807) is 34.8 Å². The lowest BCUT2D eigenvalue weighted by Gasteiger charge is -2.31. The van der Waals surface area contributed by atoms with Crippen LogP contribution in [0.4, 0.5) is 0 Å². The molecule has 1 fully saturated rings. The summed E-state index contributed by atoms with van der Waals surface area (Å²) >= 11 is 2.24. The normalized spacial score (nSPS) is 16.0. The minimum Gasteiger partial charge on any atom is -0.491 e. The number of ether oxygens (including phenoxy) is 1. The quantitative estimate of drug-likeness (QED) is 0.316. The van der Waals surface area contributed by atoms with Gasteiger partial charge in [0.25, 0.3) is 0 Å². The van der Waals surface area contributed by atoms with E-state index in [2.05, 4.69) is 33.6 Å². The number of benzene rings is 1. The Kier molecular flexibility index (Phi) is 6.87. The number of sulfonamides is 1. The highest BCUT2D eigenvalue weighted by Gasteiger charge is 2.31. The molecular formula is C23H26IN3O4S. The first-order chi connectivity index (χ1) is 15.3. The van der Waals surface area contributed by atoms with E-state index in [1.807, 2.05) is 24.6 Å². The predicted octanol–water partition coefficient (Wildman–Crippen LogP) is 4.20. The lowest BCUT2D eigenvalue weighted by molar-refractivity contribution is -0.108. The summed E-state index contributed by atoms with van der Waals surface area (Å²) < 4.78 is 36.4. The Morgan fingerprint density at radius 1 is 1.22 bits per heavy atom. The van der Waals surface area contributed by atoms with Crippen molar-refractivity contribution in [2.45, 2.75) is 50.2 Å². The number of halogens is 1. The first-order valence-electron chi connectivity index (χ1n) is 10.6. The van der Waals surface area contributed by atoms with Crippen molar-refractivity contribution in [2.75, 3.05) is 13.1 Å². The van der Waals surface area contributed by atoms with Crippen molar-refractivity contribution in [1.82, 2.24) is 13.9 Å². The van der Waals surface area contributed by atoms with Crippen molar-refractivity contribution >= 4 is 49.9 Å². The van der Waals surface area contributed by atoms with Gasteiger partial charge in [0.2, 0.25) is 10.0 Å². The molecule has 0 bridgehead atoms. The summed E-state index contributed by atoms with van der Waals surface area (Å²) in [6.07, 6.45) is 6.15. The van der Waals surface area contributed by atoms with Gasteiger partial charge < -0.3 is 14.1 Å². The highest BCUT2D eigenvalue weighted by atomic mass is 127. The fourth-order valence-corrected chi connectivity index (χ4v) is 6.16. The van der Waals surface area contributed by atoms with Gasteiger partial charge in [-0.25, -0.2) is 13.4 Å². The molecule has 0 aliphatic carbocycles. The summed E-state index contributed by atoms with van der Waals surface area (Å²) in [6.45, 7) is 5.03. The standard InChI is InChI=1S/C23H26IN3O4S/c1-16(2)31-19-3-5-20(6-4-19)32(29,30)27-9-7-17(8-10-27)22-15-26(11-12-28)23-21(22)13-18(24)14-25-23/h3-6,12-17H,7-11H2,1-2H3. The zero-order chi connectivity index (χ0) is 22.9. The summed E-state index contributed by atoms with van der Waals surface area (Å²) in [5.41, 5.74) is 1.94. The highest BCUT2D eigenvalue weighted by Crippen LogP contribution is 2.36. The zero-order valence-electron chi connectivity index (χ0n) is 18.1. The Morgan fingerprint density at radius 3 is 2.53 bits per heavy atom. The van der Waals surface area contributed by atoms with Crippen LogP contribution >= 0.6 is 22.6 Å². The minimum absolute atomic E-state index is 0.0347. The van der Waals surface area contributed by atoms with Gasteiger partial charge in [-0.1, -0.05) is 0 Å². The zero-order valence-corrected chi connectivity index (χ0v) is 21.0. The lowest BCUT2D eigenvalue weighted by Crippen LogP contribution is -2.37. The van der Waals surface area contributed by atoms with Crippen molar-refractivity contribution in [3.8, 4) is 5.75 Å². The number of piperidine rings is 1. The number of aldehydes is 1. The largest absolute Gasteiger partial charge is 0.491 e. The molecule has 4 rings (SSSR count). The Hall–Kier alpha value is -1.98. The van der Waals surface area contributed by atoms with Gasteiger partial charge in [0.1, 0.15) is 17.7 Å². The van der Waals surface area contributed by atoms with Gasteiger partial charge >= 0.3 is 0 Å². The van der Waals surface area contributed by atoms with E-state index in [-0.39, 0.29) is 23.5 Å². The lowest BCUT2D eigenvalue weighted by atomic mass is 9.90. The molecule has 0 N–H and O–H groups in total. The first-order valence-corrected chi connectivity index (χ1v) is 13.2. The van der Waals surface area contributed by atoms with Crippen molar-refractivity contribution < 1.29 is 17.9 Å². The van der Waals surface area contributed by atoms with Crippen LogP contribution in [0.3, 0.4) is 0 Å². The Balaban J connectivity index is 1.52. The summed E-state index contributed by atoms with van der Waals surface area (Å²) in [5.74, 6) is 0.881. The molecule has 0 amide bonds. The first kappa shape index (κ1) is 23.2. The summed E-state index contributed by atoms with van der Waals surface area (Å²) in [4.78, 5) is 15.9. The number of pyridine rings is 1. The van der Waals surface area contributed by atoms with E-state index in [1.165, 1.54) is 0 Å².